The van der Waals surface area contributed by atoms with Crippen molar-refractivity contribution in [2.75, 3.05) is 0 Å². The van der Waals surface area contributed by atoms with Crippen LogP contribution in [-0.4, -0.2) is 11.9 Å². The summed E-state index contributed by atoms with van der Waals surface area (Å²) in [7, 11) is 0. The fourth-order valence-corrected chi connectivity index (χ4v) is 1.15. The first-order valence-corrected chi connectivity index (χ1v) is 4.49. The second-order valence-electron chi connectivity index (χ2n) is 2.92. The molecule has 0 atom stereocenters. The molecule has 1 aromatic carbocycles. The number of benzene rings is 1. The van der Waals surface area contributed by atoms with Crippen LogP contribution in [-0.2, 0) is 4.79 Å². The fourth-order valence-electron chi connectivity index (χ4n) is 1.15. The van der Waals surface area contributed by atoms with Gasteiger partial charge in [0.2, 0.25) is 6.08 Å². The SMILES string of the molecule is CCCC(=O)c1ccc(N=C=O)cc1. The van der Waals surface area contributed by atoms with E-state index in [-0.39, 0.29) is 5.78 Å². The smallest absolute Gasteiger partial charge is 0.240 e. The molecule has 14 heavy (non-hydrogen) atoms. The Bertz CT molecular complexity index is 361. The summed E-state index contributed by atoms with van der Waals surface area (Å²) in [6.07, 6.45) is 2.84. The highest BCUT2D eigenvalue weighted by Crippen LogP contribution is 2.13. The van der Waals surface area contributed by atoms with Gasteiger partial charge in [-0.3, -0.25) is 4.79 Å². The minimum absolute atomic E-state index is 0.120. The summed E-state index contributed by atoms with van der Waals surface area (Å²) in [5.41, 5.74) is 1.18. The van der Waals surface area contributed by atoms with Crippen LogP contribution in [0.25, 0.3) is 0 Å². The zero-order chi connectivity index (χ0) is 10.4. The van der Waals surface area contributed by atoms with Gasteiger partial charge in [-0.1, -0.05) is 6.92 Å². The minimum Gasteiger partial charge on any atom is -0.294 e. The highest BCUT2D eigenvalue weighted by molar-refractivity contribution is 5.96. The van der Waals surface area contributed by atoms with Gasteiger partial charge in [0.05, 0.1) is 5.69 Å². The molecule has 0 unspecified atom stereocenters. The Balaban J connectivity index is 2.82. The first-order chi connectivity index (χ1) is 6.77. The van der Waals surface area contributed by atoms with Gasteiger partial charge >= 0.3 is 0 Å². The first-order valence-electron chi connectivity index (χ1n) is 4.49. The Hall–Kier alpha value is -1.73. The lowest BCUT2D eigenvalue weighted by molar-refractivity contribution is 0.0982. The van der Waals surface area contributed by atoms with Crippen molar-refractivity contribution in [1.29, 1.82) is 0 Å². The lowest BCUT2D eigenvalue weighted by atomic mass is 10.1. The normalized spacial score (nSPS) is 9.21. The molecule has 0 aliphatic carbocycles. The molecule has 0 amide bonds. The van der Waals surface area contributed by atoms with E-state index >= 15 is 0 Å². The molecule has 0 radical (unpaired) electrons. The summed E-state index contributed by atoms with van der Waals surface area (Å²) in [5.74, 6) is 0.120. The average molecular weight is 189 g/mol. The Kier molecular flexibility index (Phi) is 3.77. The van der Waals surface area contributed by atoms with E-state index in [1.54, 1.807) is 24.3 Å². The molecule has 3 nitrogen and oxygen atoms in total. The average Bonchev–Trinajstić information content (AvgIpc) is 2.20. The predicted molar refractivity (Wildman–Crippen MR) is 53.5 cm³/mol. The second-order valence-corrected chi connectivity index (χ2v) is 2.92. The molecule has 0 heterocycles. The van der Waals surface area contributed by atoms with Gasteiger partial charge in [0.15, 0.2) is 5.78 Å². The van der Waals surface area contributed by atoms with Crippen molar-refractivity contribution in [2.45, 2.75) is 19.8 Å². The van der Waals surface area contributed by atoms with E-state index in [1.807, 2.05) is 6.92 Å². The topological polar surface area (TPSA) is 46.5 Å². The van der Waals surface area contributed by atoms with Crippen molar-refractivity contribution in [3.05, 3.63) is 29.8 Å². The lowest BCUT2D eigenvalue weighted by Crippen LogP contribution is -1.96. The van der Waals surface area contributed by atoms with Crippen LogP contribution in [0.1, 0.15) is 30.1 Å². The van der Waals surface area contributed by atoms with Gasteiger partial charge in [0, 0.05) is 12.0 Å². The molecule has 0 spiro atoms. The molecule has 0 saturated carbocycles. The van der Waals surface area contributed by atoms with Crippen LogP contribution in [0.15, 0.2) is 29.3 Å². The summed E-state index contributed by atoms with van der Waals surface area (Å²) in [6, 6.07) is 6.62. The Morgan fingerprint density at radius 2 is 2.00 bits per heavy atom. The lowest BCUT2D eigenvalue weighted by Gasteiger charge is -1.98. The van der Waals surface area contributed by atoms with Gasteiger partial charge in [-0.2, -0.15) is 4.99 Å². The van der Waals surface area contributed by atoms with Crippen molar-refractivity contribution in [2.24, 2.45) is 4.99 Å². The third-order valence-corrected chi connectivity index (χ3v) is 1.84. The number of nitrogens with zero attached hydrogens (tertiary/aromatic N) is 1. The van der Waals surface area contributed by atoms with E-state index in [2.05, 4.69) is 4.99 Å². The van der Waals surface area contributed by atoms with Crippen LogP contribution >= 0.6 is 0 Å². The second kappa shape index (κ2) is 5.10. The molecule has 3 heteroatoms. The van der Waals surface area contributed by atoms with E-state index in [1.165, 1.54) is 6.08 Å². The number of rotatable bonds is 4. The van der Waals surface area contributed by atoms with Crippen LogP contribution in [0.4, 0.5) is 5.69 Å². The molecule has 72 valence electrons. The maximum Gasteiger partial charge on any atom is 0.240 e. The van der Waals surface area contributed by atoms with Gasteiger partial charge in [-0.05, 0) is 30.7 Å². The number of ketones is 1. The molecular formula is C11H11NO2. The molecule has 0 N–H and O–H groups in total. The van der Waals surface area contributed by atoms with Crippen LogP contribution in [0.2, 0.25) is 0 Å². The molecule has 0 aliphatic heterocycles. The molecule has 0 fully saturated rings. The first kappa shape index (κ1) is 10.4. The number of Topliss-reactive ketones (excluding diaryl/α,β-unsaturated/α-hetero) is 1. The molecule has 0 aromatic heterocycles. The number of hydrogen-bond donors (Lipinski definition) is 0. The quantitative estimate of drug-likeness (QED) is 0.415. The Morgan fingerprint density at radius 3 is 2.50 bits per heavy atom. The highest BCUT2D eigenvalue weighted by atomic mass is 16.1. The summed E-state index contributed by atoms with van der Waals surface area (Å²) in [4.78, 5) is 24.8. The van der Waals surface area contributed by atoms with Gasteiger partial charge in [-0.15, -0.1) is 0 Å². The minimum atomic E-state index is 0.120. The number of carbonyl (C=O) groups excluding carboxylic acids is 2. The zero-order valence-corrected chi connectivity index (χ0v) is 7.99. The van der Waals surface area contributed by atoms with E-state index in [0.717, 1.165) is 6.42 Å². The standard InChI is InChI=1S/C11H11NO2/c1-2-3-11(14)9-4-6-10(7-5-9)12-8-13/h4-7H,2-3H2,1H3. The number of hydrogen-bond acceptors (Lipinski definition) is 3. The maximum atomic E-state index is 11.4. The van der Waals surface area contributed by atoms with Crippen molar-refractivity contribution < 1.29 is 9.59 Å². The van der Waals surface area contributed by atoms with Crippen LogP contribution in [0, 0.1) is 0 Å². The predicted octanol–water partition coefficient (Wildman–Crippen LogP) is 2.64. The molecule has 0 saturated heterocycles. The van der Waals surface area contributed by atoms with Crippen molar-refractivity contribution in [3.63, 3.8) is 0 Å². The van der Waals surface area contributed by atoms with E-state index in [0.29, 0.717) is 17.7 Å². The summed E-state index contributed by atoms with van der Waals surface area (Å²) in [6.45, 7) is 1.96. The third-order valence-electron chi connectivity index (χ3n) is 1.84. The fraction of sp³-hybridized carbons (Fsp3) is 0.273. The Labute approximate surface area is 82.5 Å². The largest absolute Gasteiger partial charge is 0.294 e. The summed E-state index contributed by atoms with van der Waals surface area (Å²) in [5, 5.41) is 0. The number of aliphatic imine (C=N–C) groups is 1. The van der Waals surface area contributed by atoms with E-state index in [4.69, 9.17) is 0 Å². The summed E-state index contributed by atoms with van der Waals surface area (Å²) >= 11 is 0. The van der Waals surface area contributed by atoms with Crippen molar-refractivity contribution >= 4 is 17.6 Å². The molecule has 1 aromatic rings. The number of isocyanates is 1. The van der Waals surface area contributed by atoms with Crippen LogP contribution in [0.5, 0.6) is 0 Å². The van der Waals surface area contributed by atoms with Gasteiger partial charge in [-0.25, -0.2) is 4.79 Å². The number of carbonyl (C=O) groups is 1. The van der Waals surface area contributed by atoms with Gasteiger partial charge < -0.3 is 0 Å². The zero-order valence-electron chi connectivity index (χ0n) is 7.99. The molecule has 0 aliphatic rings. The van der Waals surface area contributed by atoms with Gasteiger partial charge in [0.1, 0.15) is 0 Å². The highest BCUT2D eigenvalue weighted by Gasteiger charge is 2.03. The van der Waals surface area contributed by atoms with Crippen LogP contribution in [0.3, 0.4) is 0 Å². The molecular weight excluding hydrogens is 178 g/mol. The molecule has 1 rings (SSSR count). The van der Waals surface area contributed by atoms with E-state index < -0.39 is 0 Å². The Morgan fingerprint density at radius 1 is 1.36 bits per heavy atom. The third kappa shape index (κ3) is 2.64. The summed E-state index contributed by atoms with van der Waals surface area (Å²) < 4.78 is 0. The van der Waals surface area contributed by atoms with Crippen molar-refractivity contribution in [3.8, 4) is 0 Å². The molecule has 0 bridgehead atoms. The van der Waals surface area contributed by atoms with E-state index in [9.17, 15) is 9.59 Å². The maximum absolute atomic E-state index is 11.4. The van der Waals surface area contributed by atoms with Gasteiger partial charge in [0.25, 0.3) is 0 Å². The monoisotopic (exact) mass is 189 g/mol. The van der Waals surface area contributed by atoms with Crippen molar-refractivity contribution in [1.82, 2.24) is 0 Å². The van der Waals surface area contributed by atoms with Crippen LogP contribution < -0.4 is 0 Å².